The maximum atomic E-state index is 4.37. The largest absolute Gasteiger partial charge is 0.309 e. The molecular formula is C12H20N6S. The smallest absolute Gasteiger partial charge is 0.138 e. The van der Waals surface area contributed by atoms with Crippen molar-refractivity contribution in [3.8, 4) is 0 Å². The third-order valence-corrected chi connectivity index (χ3v) is 3.66. The van der Waals surface area contributed by atoms with Crippen molar-refractivity contribution in [2.24, 2.45) is 0 Å². The lowest BCUT2D eigenvalue weighted by Crippen LogP contribution is -2.25. The summed E-state index contributed by atoms with van der Waals surface area (Å²) < 4.78 is 5.91. The van der Waals surface area contributed by atoms with Crippen molar-refractivity contribution in [2.45, 2.75) is 45.7 Å². The van der Waals surface area contributed by atoms with Crippen molar-refractivity contribution in [3.63, 3.8) is 0 Å². The van der Waals surface area contributed by atoms with Crippen molar-refractivity contribution in [2.75, 3.05) is 6.54 Å². The first-order chi connectivity index (χ1) is 9.22. The van der Waals surface area contributed by atoms with E-state index in [2.05, 4.69) is 45.8 Å². The van der Waals surface area contributed by atoms with Crippen LogP contribution in [0.4, 0.5) is 0 Å². The van der Waals surface area contributed by atoms with Gasteiger partial charge in [0.05, 0.1) is 17.1 Å². The molecule has 0 spiro atoms. The van der Waals surface area contributed by atoms with Gasteiger partial charge in [0.1, 0.15) is 12.2 Å². The fourth-order valence-corrected chi connectivity index (χ4v) is 2.53. The molecule has 104 valence electrons. The van der Waals surface area contributed by atoms with E-state index in [1.54, 1.807) is 6.33 Å². The van der Waals surface area contributed by atoms with Crippen LogP contribution in [0.15, 0.2) is 12.5 Å². The molecule has 0 saturated carbocycles. The standard InChI is InChI=1S/C12H20N6S/c1-4-5-13-10(11-7-15-17-19-11)6-12-14-8-16-18(12)9(2)3/h7-10,13H,4-6H2,1-3H3. The van der Waals surface area contributed by atoms with Gasteiger partial charge in [-0.3, -0.25) is 0 Å². The van der Waals surface area contributed by atoms with Gasteiger partial charge in [0, 0.05) is 12.5 Å². The fourth-order valence-electron chi connectivity index (χ4n) is 1.95. The molecule has 7 heteroatoms. The predicted octanol–water partition coefficient (Wildman–Crippen LogP) is 1.99. The Balaban J connectivity index is 2.13. The van der Waals surface area contributed by atoms with Crippen molar-refractivity contribution < 1.29 is 0 Å². The van der Waals surface area contributed by atoms with Crippen LogP contribution in [0.3, 0.4) is 0 Å². The minimum absolute atomic E-state index is 0.210. The molecule has 0 aliphatic carbocycles. The van der Waals surface area contributed by atoms with E-state index < -0.39 is 0 Å². The number of hydrogen-bond donors (Lipinski definition) is 1. The first kappa shape index (κ1) is 14.1. The molecule has 0 saturated heterocycles. The third-order valence-electron chi connectivity index (χ3n) is 2.89. The Hall–Kier alpha value is -1.34. The van der Waals surface area contributed by atoms with Crippen LogP contribution >= 0.6 is 11.5 Å². The van der Waals surface area contributed by atoms with Gasteiger partial charge in [-0.1, -0.05) is 11.4 Å². The predicted molar refractivity (Wildman–Crippen MR) is 75.1 cm³/mol. The summed E-state index contributed by atoms with van der Waals surface area (Å²) in [5.74, 6) is 0.997. The molecular weight excluding hydrogens is 260 g/mol. The highest BCUT2D eigenvalue weighted by molar-refractivity contribution is 7.05. The third kappa shape index (κ3) is 3.57. The zero-order valence-corrected chi connectivity index (χ0v) is 12.4. The Kier molecular flexibility index (Phi) is 4.98. The van der Waals surface area contributed by atoms with Crippen molar-refractivity contribution in [1.82, 2.24) is 29.7 Å². The van der Waals surface area contributed by atoms with Crippen LogP contribution in [-0.4, -0.2) is 30.9 Å². The van der Waals surface area contributed by atoms with Gasteiger partial charge in [-0.15, -0.1) is 5.10 Å². The van der Waals surface area contributed by atoms with E-state index in [4.69, 9.17) is 0 Å². The summed E-state index contributed by atoms with van der Waals surface area (Å²) in [7, 11) is 0. The normalized spacial score (nSPS) is 13.1. The van der Waals surface area contributed by atoms with E-state index >= 15 is 0 Å². The number of rotatable bonds is 7. The van der Waals surface area contributed by atoms with E-state index in [9.17, 15) is 0 Å². The molecule has 2 heterocycles. The van der Waals surface area contributed by atoms with Gasteiger partial charge in [0.2, 0.25) is 0 Å². The number of aromatic nitrogens is 5. The lowest BCUT2D eigenvalue weighted by molar-refractivity contribution is 0.466. The average Bonchev–Trinajstić information content (AvgIpc) is 3.04. The second kappa shape index (κ2) is 6.72. The van der Waals surface area contributed by atoms with E-state index in [-0.39, 0.29) is 6.04 Å². The molecule has 0 radical (unpaired) electrons. The van der Waals surface area contributed by atoms with E-state index in [0.717, 1.165) is 30.1 Å². The van der Waals surface area contributed by atoms with Crippen LogP contribution < -0.4 is 5.32 Å². The topological polar surface area (TPSA) is 68.5 Å². The second-order valence-electron chi connectivity index (χ2n) is 4.75. The minimum atomic E-state index is 0.210. The average molecular weight is 280 g/mol. The van der Waals surface area contributed by atoms with Crippen LogP contribution in [-0.2, 0) is 6.42 Å². The highest BCUT2D eigenvalue weighted by Gasteiger charge is 2.18. The molecule has 1 atom stereocenters. The maximum absolute atomic E-state index is 4.37. The zero-order chi connectivity index (χ0) is 13.7. The van der Waals surface area contributed by atoms with Gasteiger partial charge in [-0.2, -0.15) is 5.10 Å². The lowest BCUT2D eigenvalue weighted by Gasteiger charge is -2.17. The minimum Gasteiger partial charge on any atom is -0.309 e. The monoisotopic (exact) mass is 280 g/mol. The highest BCUT2D eigenvalue weighted by atomic mass is 32.1. The molecule has 1 unspecified atom stereocenters. The number of nitrogens with one attached hydrogen (secondary N) is 1. The second-order valence-corrected chi connectivity index (χ2v) is 5.56. The molecule has 0 bridgehead atoms. The van der Waals surface area contributed by atoms with Crippen LogP contribution in [0.25, 0.3) is 0 Å². The molecule has 6 nitrogen and oxygen atoms in total. The summed E-state index contributed by atoms with van der Waals surface area (Å²) >= 11 is 1.44. The lowest BCUT2D eigenvalue weighted by atomic mass is 10.1. The molecule has 0 aliphatic heterocycles. The first-order valence-electron chi connectivity index (χ1n) is 6.61. The van der Waals surface area contributed by atoms with Gasteiger partial charge in [-0.25, -0.2) is 9.67 Å². The molecule has 0 amide bonds. The van der Waals surface area contributed by atoms with Crippen molar-refractivity contribution in [1.29, 1.82) is 0 Å². The fraction of sp³-hybridized carbons (Fsp3) is 0.667. The van der Waals surface area contributed by atoms with E-state index in [1.807, 2.05) is 10.9 Å². The Morgan fingerprint density at radius 2 is 2.26 bits per heavy atom. The SMILES string of the molecule is CCCNC(Cc1ncnn1C(C)C)c1cnns1. The highest BCUT2D eigenvalue weighted by Crippen LogP contribution is 2.20. The molecule has 0 aliphatic rings. The van der Waals surface area contributed by atoms with Crippen LogP contribution in [0.1, 0.15) is 50.0 Å². The van der Waals surface area contributed by atoms with Gasteiger partial charge in [0.25, 0.3) is 0 Å². The van der Waals surface area contributed by atoms with E-state index in [1.165, 1.54) is 11.5 Å². The van der Waals surface area contributed by atoms with Crippen LogP contribution in [0.2, 0.25) is 0 Å². The Morgan fingerprint density at radius 3 is 2.89 bits per heavy atom. The van der Waals surface area contributed by atoms with Gasteiger partial charge in [-0.05, 0) is 38.3 Å². The van der Waals surface area contributed by atoms with Crippen LogP contribution in [0.5, 0.6) is 0 Å². The zero-order valence-electron chi connectivity index (χ0n) is 11.6. The molecule has 0 aromatic carbocycles. The van der Waals surface area contributed by atoms with Gasteiger partial charge in [0.15, 0.2) is 0 Å². The number of hydrogen-bond acceptors (Lipinski definition) is 6. The summed E-state index contributed by atoms with van der Waals surface area (Å²) in [6.45, 7) is 7.35. The van der Waals surface area contributed by atoms with Gasteiger partial charge >= 0.3 is 0 Å². The molecule has 2 rings (SSSR count). The Morgan fingerprint density at radius 1 is 1.42 bits per heavy atom. The van der Waals surface area contributed by atoms with E-state index in [0.29, 0.717) is 6.04 Å². The van der Waals surface area contributed by atoms with Gasteiger partial charge < -0.3 is 5.32 Å². The maximum Gasteiger partial charge on any atom is 0.138 e. The number of nitrogens with zero attached hydrogens (tertiary/aromatic N) is 5. The molecule has 2 aromatic heterocycles. The van der Waals surface area contributed by atoms with Crippen LogP contribution in [0, 0.1) is 0 Å². The molecule has 19 heavy (non-hydrogen) atoms. The summed E-state index contributed by atoms with van der Waals surface area (Å²) in [5.41, 5.74) is 0. The summed E-state index contributed by atoms with van der Waals surface area (Å²) in [6.07, 6.45) is 5.35. The van der Waals surface area contributed by atoms with Crippen molar-refractivity contribution in [3.05, 3.63) is 23.2 Å². The molecule has 2 aromatic rings. The summed E-state index contributed by atoms with van der Waals surface area (Å²) in [5, 5.41) is 11.7. The Labute approximate surface area is 117 Å². The Bertz CT molecular complexity index is 478. The molecule has 1 N–H and O–H groups in total. The quantitative estimate of drug-likeness (QED) is 0.840. The van der Waals surface area contributed by atoms with Crippen molar-refractivity contribution >= 4 is 11.5 Å². The summed E-state index contributed by atoms with van der Waals surface area (Å²) in [4.78, 5) is 5.52. The summed E-state index contributed by atoms with van der Waals surface area (Å²) in [6, 6.07) is 0.533. The first-order valence-corrected chi connectivity index (χ1v) is 7.38. The molecule has 0 fully saturated rings.